The number of guanidine groups is 1. The number of rotatable bonds is 5. The summed E-state index contributed by atoms with van der Waals surface area (Å²) < 4.78 is 0. The van der Waals surface area contributed by atoms with Gasteiger partial charge in [0.15, 0.2) is 5.96 Å². The van der Waals surface area contributed by atoms with Gasteiger partial charge in [0.05, 0.1) is 5.69 Å². The lowest BCUT2D eigenvalue weighted by Gasteiger charge is -2.28. The Labute approximate surface area is 133 Å². The average molecular weight is 304 g/mol. The number of para-hydroxylation sites is 1. The molecule has 0 aliphatic carbocycles. The van der Waals surface area contributed by atoms with Crippen LogP contribution >= 0.6 is 0 Å². The van der Waals surface area contributed by atoms with Crippen LogP contribution in [0.5, 0.6) is 0 Å². The molecule has 122 valence electrons. The molecule has 1 aromatic carbocycles. The zero-order chi connectivity index (χ0) is 16.7. The molecule has 0 spiro atoms. The summed E-state index contributed by atoms with van der Waals surface area (Å²) in [5.41, 5.74) is 3.04. The highest BCUT2D eigenvalue weighted by molar-refractivity contribution is 6.03. The summed E-state index contributed by atoms with van der Waals surface area (Å²) in [6, 6.07) is 5.74. The van der Waals surface area contributed by atoms with Gasteiger partial charge in [-0.1, -0.05) is 25.1 Å². The first-order valence-electron chi connectivity index (χ1n) is 7.94. The highest BCUT2D eigenvalue weighted by atomic mass is 16.2. The van der Waals surface area contributed by atoms with Crippen LogP contribution in [0.1, 0.15) is 38.3 Å². The van der Waals surface area contributed by atoms with Crippen LogP contribution in [0.3, 0.4) is 0 Å². The monoisotopic (exact) mass is 304 g/mol. The number of benzene rings is 1. The van der Waals surface area contributed by atoms with Gasteiger partial charge in [-0.05, 0) is 45.2 Å². The van der Waals surface area contributed by atoms with Crippen molar-refractivity contribution in [1.82, 2.24) is 10.2 Å². The van der Waals surface area contributed by atoms with E-state index in [0.717, 1.165) is 29.8 Å². The van der Waals surface area contributed by atoms with E-state index in [1.54, 1.807) is 4.90 Å². The van der Waals surface area contributed by atoms with E-state index >= 15 is 0 Å². The van der Waals surface area contributed by atoms with Gasteiger partial charge in [-0.15, -0.1) is 0 Å². The molecule has 0 unspecified atom stereocenters. The molecule has 2 N–H and O–H groups in total. The fourth-order valence-corrected chi connectivity index (χ4v) is 2.58. The number of hydrogen-bond donors (Lipinski definition) is 2. The largest absolute Gasteiger partial charge is 0.343 e. The summed E-state index contributed by atoms with van der Waals surface area (Å²) in [6.07, 6.45) is 0.945. The number of carbonyl (C=O) groups is 1. The summed E-state index contributed by atoms with van der Waals surface area (Å²) >= 11 is 0. The number of hydrogen-bond acceptors (Lipinski definition) is 2. The molecule has 0 saturated carbocycles. The molecular formula is C17H28N4O. The predicted octanol–water partition coefficient (Wildman–Crippen LogP) is 3.51. The Bertz CT molecular complexity index is 507. The fraction of sp³-hybridized carbons (Fsp3) is 0.529. The average Bonchev–Trinajstić information content (AvgIpc) is 2.48. The first-order valence-corrected chi connectivity index (χ1v) is 7.94. The molecule has 0 fully saturated rings. The lowest BCUT2D eigenvalue weighted by molar-refractivity contribution is 0.249. The molecule has 0 aromatic heterocycles. The van der Waals surface area contributed by atoms with Gasteiger partial charge in [-0.25, -0.2) is 4.79 Å². The Kier molecular flexibility index (Phi) is 6.89. The molecule has 0 bridgehead atoms. The molecule has 0 aliphatic heterocycles. The van der Waals surface area contributed by atoms with E-state index in [4.69, 9.17) is 5.41 Å². The van der Waals surface area contributed by atoms with Gasteiger partial charge < -0.3 is 4.90 Å². The molecule has 0 radical (unpaired) electrons. The Morgan fingerprint density at radius 2 is 1.73 bits per heavy atom. The quantitative estimate of drug-likeness (QED) is 0.646. The molecule has 1 aromatic rings. The van der Waals surface area contributed by atoms with Gasteiger partial charge in [-0.2, -0.15) is 0 Å². The molecule has 1 rings (SSSR count). The minimum absolute atomic E-state index is 0.166. The third-order valence-corrected chi connectivity index (χ3v) is 3.69. The molecule has 0 heterocycles. The standard InChI is InChI=1S/C17H28N4O/c1-6-12-20(7-2)16(18)19-17(22)21(8-3)15-13(4)10-9-11-14(15)5/h9-11H,6-8,12H2,1-5H3,(H2,18,19,22). The Hall–Kier alpha value is -2.04. The van der Waals surface area contributed by atoms with E-state index in [9.17, 15) is 4.79 Å². The predicted molar refractivity (Wildman–Crippen MR) is 92.7 cm³/mol. The third-order valence-electron chi connectivity index (χ3n) is 3.69. The minimum atomic E-state index is -0.251. The number of urea groups is 1. The van der Waals surface area contributed by atoms with Crippen molar-refractivity contribution in [2.24, 2.45) is 0 Å². The summed E-state index contributed by atoms with van der Waals surface area (Å²) in [5, 5.41) is 10.8. The molecule has 0 saturated heterocycles. The van der Waals surface area contributed by atoms with Gasteiger partial charge in [0, 0.05) is 19.6 Å². The van der Waals surface area contributed by atoms with Gasteiger partial charge in [-0.3, -0.25) is 15.6 Å². The zero-order valence-electron chi connectivity index (χ0n) is 14.4. The summed E-state index contributed by atoms with van der Waals surface area (Å²) in [5.74, 6) is 0.166. The van der Waals surface area contributed by atoms with E-state index in [1.165, 1.54) is 0 Å². The van der Waals surface area contributed by atoms with Crippen LogP contribution in [-0.2, 0) is 0 Å². The molecule has 2 amide bonds. The molecule has 0 aliphatic rings. The van der Waals surface area contributed by atoms with Gasteiger partial charge in [0.2, 0.25) is 0 Å². The van der Waals surface area contributed by atoms with Crippen LogP contribution in [-0.4, -0.2) is 36.5 Å². The first kappa shape index (κ1) is 18.0. The van der Waals surface area contributed by atoms with Crippen LogP contribution in [0.25, 0.3) is 0 Å². The second kappa shape index (κ2) is 8.41. The second-order valence-corrected chi connectivity index (χ2v) is 5.34. The summed E-state index contributed by atoms with van der Waals surface area (Å²) in [7, 11) is 0. The van der Waals surface area contributed by atoms with E-state index < -0.39 is 0 Å². The second-order valence-electron chi connectivity index (χ2n) is 5.34. The SMILES string of the molecule is CCCN(CC)C(=N)NC(=O)N(CC)c1c(C)cccc1C. The van der Waals surface area contributed by atoms with Gasteiger partial charge in [0.25, 0.3) is 0 Å². The minimum Gasteiger partial charge on any atom is -0.343 e. The van der Waals surface area contributed by atoms with Crippen LogP contribution in [0.4, 0.5) is 10.5 Å². The van der Waals surface area contributed by atoms with Crippen molar-refractivity contribution in [3.8, 4) is 0 Å². The number of nitrogens with one attached hydrogen (secondary N) is 2. The van der Waals surface area contributed by atoms with Crippen molar-refractivity contribution in [1.29, 1.82) is 5.41 Å². The smallest absolute Gasteiger partial charge is 0.328 e. The van der Waals surface area contributed by atoms with E-state index in [-0.39, 0.29) is 12.0 Å². The lowest BCUT2D eigenvalue weighted by Crippen LogP contribution is -2.49. The molecule has 5 heteroatoms. The Morgan fingerprint density at radius 3 is 2.18 bits per heavy atom. The maximum absolute atomic E-state index is 12.6. The normalized spacial score (nSPS) is 10.2. The van der Waals surface area contributed by atoms with E-state index in [1.807, 2.05) is 50.8 Å². The van der Waals surface area contributed by atoms with Crippen LogP contribution in [0.2, 0.25) is 0 Å². The lowest BCUT2D eigenvalue weighted by atomic mass is 10.1. The molecular weight excluding hydrogens is 276 g/mol. The fourth-order valence-electron chi connectivity index (χ4n) is 2.58. The van der Waals surface area contributed by atoms with Crippen molar-refractivity contribution in [2.75, 3.05) is 24.5 Å². The van der Waals surface area contributed by atoms with E-state index in [2.05, 4.69) is 12.2 Å². The summed E-state index contributed by atoms with van der Waals surface area (Å²) in [6.45, 7) is 12.0. The highest BCUT2D eigenvalue weighted by Crippen LogP contribution is 2.24. The van der Waals surface area contributed by atoms with E-state index in [0.29, 0.717) is 13.1 Å². The van der Waals surface area contributed by atoms with Gasteiger partial charge >= 0.3 is 6.03 Å². The number of nitrogens with zero attached hydrogens (tertiary/aromatic N) is 2. The third kappa shape index (κ3) is 4.23. The molecule has 0 atom stereocenters. The maximum Gasteiger partial charge on any atom is 0.328 e. The van der Waals surface area contributed by atoms with Crippen LogP contribution < -0.4 is 10.2 Å². The highest BCUT2D eigenvalue weighted by Gasteiger charge is 2.20. The number of carbonyl (C=O) groups excluding carboxylic acids is 1. The van der Waals surface area contributed by atoms with Crippen molar-refractivity contribution in [3.63, 3.8) is 0 Å². The van der Waals surface area contributed by atoms with Crippen molar-refractivity contribution in [3.05, 3.63) is 29.3 Å². The molecule has 22 heavy (non-hydrogen) atoms. The topological polar surface area (TPSA) is 59.4 Å². The Balaban J connectivity index is 2.92. The van der Waals surface area contributed by atoms with Crippen molar-refractivity contribution >= 4 is 17.7 Å². The first-order chi connectivity index (χ1) is 10.5. The van der Waals surface area contributed by atoms with Crippen LogP contribution in [0.15, 0.2) is 18.2 Å². The number of anilines is 1. The number of aryl methyl sites for hydroxylation is 2. The summed E-state index contributed by atoms with van der Waals surface area (Å²) in [4.78, 5) is 16.1. The zero-order valence-corrected chi connectivity index (χ0v) is 14.4. The van der Waals surface area contributed by atoms with Crippen LogP contribution in [0, 0.1) is 19.3 Å². The maximum atomic E-state index is 12.6. The Morgan fingerprint density at radius 1 is 1.14 bits per heavy atom. The van der Waals surface area contributed by atoms with Crippen molar-refractivity contribution < 1.29 is 4.79 Å². The van der Waals surface area contributed by atoms with Gasteiger partial charge in [0.1, 0.15) is 0 Å². The van der Waals surface area contributed by atoms with Crippen molar-refractivity contribution in [2.45, 2.75) is 41.0 Å². The number of amides is 2. The molecule has 5 nitrogen and oxygen atoms in total.